The van der Waals surface area contributed by atoms with Gasteiger partial charge in [0.1, 0.15) is 0 Å². The Kier molecular flexibility index (Phi) is 4.49. The van der Waals surface area contributed by atoms with Gasteiger partial charge in [0, 0.05) is 32.2 Å². The third-order valence-corrected chi connectivity index (χ3v) is 3.87. The number of ether oxygens (including phenoxy) is 1. The molecule has 0 saturated carbocycles. The van der Waals surface area contributed by atoms with Crippen LogP contribution in [0.3, 0.4) is 0 Å². The number of carbonyl (C=O) groups is 1. The fourth-order valence-corrected chi connectivity index (χ4v) is 2.60. The average molecular weight is 277 g/mol. The molecule has 2 rings (SSSR count). The summed E-state index contributed by atoms with van der Waals surface area (Å²) in [5.74, 6) is -0.384. The number of anilines is 2. The lowest BCUT2D eigenvalue weighted by molar-refractivity contribution is 0.0602. The van der Waals surface area contributed by atoms with Gasteiger partial charge in [-0.1, -0.05) is 6.07 Å². The lowest BCUT2D eigenvalue weighted by atomic mass is 10.1. The van der Waals surface area contributed by atoms with Crippen molar-refractivity contribution < 1.29 is 9.53 Å². The minimum atomic E-state index is -0.384. The molecule has 20 heavy (non-hydrogen) atoms. The molecule has 1 aromatic carbocycles. The summed E-state index contributed by atoms with van der Waals surface area (Å²) in [4.78, 5) is 16.4. The van der Waals surface area contributed by atoms with Gasteiger partial charge >= 0.3 is 5.97 Å². The van der Waals surface area contributed by atoms with E-state index in [9.17, 15) is 4.79 Å². The number of carbonyl (C=O) groups excluding carboxylic acids is 1. The van der Waals surface area contributed by atoms with Crippen molar-refractivity contribution in [2.45, 2.75) is 19.9 Å². The van der Waals surface area contributed by atoms with E-state index in [0.29, 0.717) is 17.3 Å². The molecular weight excluding hydrogens is 254 g/mol. The van der Waals surface area contributed by atoms with Gasteiger partial charge in [-0.05, 0) is 26.0 Å². The molecule has 1 aromatic rings. The first kappa shape index (κ1) is 14.7. The molecule has 1 aliphatic heterocycles. The highest BCUT2D eigenvalue weighted by molar-refractivity contribution is 5.98. The Labute approximate surface area is 120 Å². The Balaban J connectivity index is 2.16. The zero-order chi connectivity index (χ0) is 14.7. The van der Waals surface area contributed by atoms with Crippen LogP contribution in [0.2, 0.25) is 0 Å². The topological polar surface area (TPSA) is 58.8 Å². The zero-order valence-corrected chi connectivity index (χ0v) is 12.4. The number of nitrogens with zero attached hydrogens (tertiary/aromatic N) is 2. The zero-order valence-electron chi connectivity index (χ0n) is 12.4. The van der Waals surface area contributed by atoms with Gasteiger partial charge in [-0.15, -0.1) is 0 Å². The van der Waals surface area contributed by atoms with Crippen LogP contribution in [-0.4, -0.2) is 50.2 Å². The van der Waals surface area contributed by atoms with E-state index < -0.39 is 0 Å². The maximum absolute atomic E-state index is 11.7. The Hall–Kier alpha value is -1.75. The fraction of sp³-hybridized carbons (Fsp3) is 0.533. The quantitative estimate of drug-likeness (QED) is 0.671. The lowest BCUT2D eigenvalue weighted by Gasteiger charge is -2.38. The van der Waals surface area contributed by atoms with Gasteiger partial charge in [0.05, 0.1) is 24.0 Å². The normalized spacial score (nSPS) is 16.5. The maximum atomic E-state index is 11.7. The second kappa shape index (κ2) is 6.13. The van der Waals surface area contributed by atoms with Crippen LogP contribution in [0, 0.1) is 0 Å². The van der Waals surface area contributed by atoms with Crippen LogP contribution >= 0.6 is 0 Å². The van der Waals surface area contributed by atoms with Crippen LogP contribution in [0.5, 0.6) is 0 Å². The van der Waals surface area contributed by atoms with Gasteiger partial charge in [0.15, 0.2) is 0 Å². The summed E-state index contributed by atoms with van der Waals surface area (Å²) in [7, 11) is 1.37. The van der Waals surface area contributed by atoms with E-state index in [0.717, 1.165) is 31.9 Å². The maximum Gasteiger partial charge on any atom is 0.340 e. The van der Waals surface area contributed by atoms with Crippen LogP contribution in [0.4, 0.5) is 11.4 Å². The fourth-order valence-electron chi connectivity index (χ4n) is 2.60. The molecule has 0 aliphatic carbocycles. The Morgan fingerprint density at radius 2 is 1.90 bits per heavy atom. The standard InChI is InChI=1S/C15H23N3O2/c1-11(2)17-7-9-18(10-8-17)13-6-4-5-12(14(13)16)15(19)20-3/h4-6,11H,7-10,16H2,1-3H3. The largest absolute Gasteiger partial charge is 0.465 e. The number of nitrogen functional groups attached to an aromatic ring is 1. The first-order valence-electron chi connectivity index (χ1n) is 7.00. The third-order valence-electron chi connectivity index (χ3n) is 3.87. The first-order valence-corrected chi connectivity index (χ1v) is 7.00. The van der Waals surface area contributed by atoms with Crippen molar-refractivity contribution in [3.63, 3.8) is 0 Å². The number of rotatable bonds is 3. The monoisotopic (exact) mass is 277 g/mol. The number of esters is 1. The van der Waals surface area contributed by atoms with Gasteiger partial charge in [-0.2, -0.15) is 0 Å². The third kappa shape index (κ3) is 2.88. The van der Waals surface area contributed by atoms with Gasteiger partial charge < -0.3 is 15.4 Å². The molecule has 0 atom stereocenters. The molecule has 0 spiro atoms. The molecule has 0 aromatic heterocycles. The van der Waals surface area contributed by atoms with Crippen LogP contribution in [0.1, 0.15) is 24.2 Å². The van der Waals surface area contributed by atoms with Crippen molar-refractivity contribution in [3.8, 4) is 0 Å². The van der Waals surface area contributed by atoms with Gasteiger partial charge in [-0.25, -0.2) is 4.79 Å². The predicted molar refractivity (Wildman–Crippen MR) is 81.1 cm³/mol. The number of nitrogens with two attached hydrogens (primary N) is 1. The summed E-state index contributed by atoms with van der Waals surface area (Å²) in [6.45, 7) is 8.29. The number of para-hydroxylation sites is 1. The van der Waals surface area contributed by atoms with E-state index in [1.54, 1.807) is 6.07 Å². The van der Waals surface area contributed by atoms with Crippen LogP contribution in [-0.2, 0) is 4.74 Å². The van der Waals surface area contributed by atoms with Crippen LogP contribution in [0.25, 0.3) is 0 Å². The molecule has 5 heteroatoms. The summed E-state index contributed by atoms with van der Waals surface area (Å²) in [6, 6.07) is 6.09. The van der Waals surface area contributed by atoms with Gasteiger partial charge in [0.25, 0.3) is 0 Å². The molecule has 0 amide bonds. The number of hydrogen-bond donors (Lipinski definition) is 1. The highest BCUT2D eigenvalue weighted by Gasteiger charge is 2.22. The molecule has 1 saturated heterocycles. The molecule has 1 heterocycles. The van der Waals surface area contributed by atoms with E-state index in [1.807, 2.05) is 12.1 Å². The summed E-state index contributed by atoms with van der Waals surface area (Å²) < 4.78 is 4.76. The Morgan fingerprint density at radius 1 is 1.25 bits per heavy atom. The minimum Gasteiger partial charge on any atom is -0.465 e. The van der Waals surface area contributed by atoms with Crippen molar-refractivity contribution in [2.75, 3.05) is 43.9 Å². The lowest BCUT2D eigenvalue weighted by Crippen LogP contribution is -2.49. The van der Waals surface area contributed by atoms with Crippen molar-refractivity contribution >= 4 is 17.3 Å². The highest BCUT2D eigenvalue weighted by Crippen LogP contribution is 2.28. The van der Waals surface area contributed by atoms with Crippen molar-refractivity contribution in [1.29, 1.82) is 0 Å². The van der Waals surface area contributed by atoms with E-state index in [-0.39, 0.29) is 5.97 Å². The Bertz CT molecular complexity index is 480. The summed E-state index contributed by atoms with van der Waals surface area (Å²) in [6.07, 6.45) is 0. The summed E-state index contributed by atoms with van der Waals surface area (Å²) in [5, 5.41) is 0. The molecule has 0 bridgehead atoms. The minimum absolute atomic E-state index is 0.384. The van der Waals surface area contributed by atoms with Gasteiger partial charge in [-0.3, -0.25) is 4.90 Å². The van der Waals surface area contributed by atoms with E-state index in [4.69, 9.17) is 10.5 Å². The number of benzene rings is 1. The average Bonchev–Trinajstić information content (AvgIpc) is 2.47. The highest BCUT2D eigenvalue weighted by atomic mass is 16.5. The molecular formula is C15H23N3O2. The molecule has 2 N–H and O–H groups in total. The number of hydrogen-bond acceptors (Lipinski definition) is 5. The second-order valence-corrected chi connectivity index (χ2v) is 5.35. The number of methoxy groups -OCH3 is 1. The second-order valence-electron chi connectivity index (χ2n) is 5.35. The molecule has 1 aliphatic rings. The van der Waals surface area contributed by atoms with E-state index in [1.165, 1.54) is 7.11 Å². The van der Waals surface area contributed by atoms with E-state index >= 15 is 0 Å². The van der Waals surface area contributed by atoms with E-state index in [2.05, 4.69) is 23.6 Å². The first-order chi connectivity index (χ1) is 9.54. The molecule has 110 valence electrons. The van der Waals surface area contributed by atoms with Crippen molar-refractivity contribution in [1.82, 2.24) is 4.90 Å². The summed E-state index contributed by atoms with van der Waals surface area (Å²) >= 11 is 0. The van der Waals surface area contributed by atoms with Crippen LogP contribution < -0.4 is 10.6 Å². The van der Waals surface area contributed by atoms with Crippen molar-refractivity contribution in [2.24, 2.45) is 0 Å². The van der Waals surface area contributed by atoms with Crippen LogP contribution in [0.15, 0.2) is 18.2 Å². The summed E-state index contributed by atoms with van der Waals surface area (Å²) in [5.41, 5.74) is 8.01. The van der Waals surface area contributed by atoms with Gasteiger partial charge in [0.2, 0.25) is 0 Å². The molecule has 0 unspecified atom stereocenters. The predicted octanol–water partition coefficient (Wildman–Crippen LogP) is 1.59. The molecule has 0 radical (unpaired) electrons. The SMILES string of the molecule is COC(=O)c1cccc(N2CCN(C(C)C)CC2)c1N. The Morgan fingerprint density at radius 3 is 2.45 bits per heavy atom. The molecule has 5 nitrogen and oxygen atoms in total. The smallest absolute Gasteiger partial charge is 0.340 e. The number of piperazine rings is 1. The molecule has 1 fully saturated rings. The van der Waals surface area contributed by atoms with Crippen molar-refractivity contribution in [3.05, 3.63) is 23.8 Å².